The first kappa shape index (κ1) is 15.6. The van der Waals surface area contributed by atoms with Crippen LogP contribution >= 0.6 is 0 Å². The molecule has 0 saturated carbocycles. The minimum absolute atomic E-state index is 0.0162. The van der Waals surface area contributed by atoms with Crippen molar-refractivity contribution in [2.45, 2.75) is 52.3 Å². The van der Waals surface area contributed by atoms with Gasteiger partial charge in [-0.25, -0.2) is 0 Å². The third kappa shape index (κ3) is 2.11. The van der Waals surface area contributed by atoms with Crippen molar-refractivity contribution < 1.29 is 4.74 Å². The Bertz CT molecular complexity index is 809. The van der Waals surface area contributed by atoms with Crippen LogP contribution in [0.1, 0.15) is 40.5 Å². The molecule has 0 radical (unpaired) electrons. The minimum Gasteiger partial charge on any atom is -0.464 e. The monoisotopic (exact) mass is 322 g/mol. The fourth-order valence-corrected chi connectivity index (χ4v) is 4.31. The van der Waals surface area contributed by atoms with Crippen LogP contribution in [0.3, 0.4) is 0 Å². The van der Waals surface area contributed by atoms with Gasteiger partial charge in [-0.3, -0.25) is 9.89 Å². The number of hydrogen-bond donors (Lipinski definition) is 0. The van der Waals surface area contributed by atoms with Crippen LogP contribution in [0, 0.1) is 5.41 Å². The smallest absolute Gasteiger partial charge is 0.205 e. The number of likely N-dealkylation sites (tertiary alicyclic amines) is 1. The zero-order valence-corrected chi connectivity index (χ0v) is 15.0. The number of fused-ring (bicyclic) bond motifs is 3. The molecule has 1 unspecified atom stereocenters. The Morgan fingerprint density at radius 1 is 1.12 bits per heavy atom. The van der Waals surface area contributed by atoms with E-state index in [1.807, 2.05) is 0 Å². The fraction of sp³-hybridized carbons (Fsp3) is 0.476. The SMILES string of the molecule is CC(C)N1CCCC(C)(C)C12C=Nc1c(ccc3ccccc13)O2. The molecule has 2 aliphatic heterocycles. The van der Waals surface area contributed by atoms with Crippen molar-refractivity contribution in [1.82, 2.24) is 4.90 Å². The lowest BCUT2D eigenvalue weighted by Crippen LogP contribution is -2.68. The summed E-state index contributed by atoms with van der Waals surface area (Å²) in [7, 11) is 0. The molecule has 0 aromatic heterocycles. The van der Waals surface area contributed by atoms with Crippen LogP contribution in [0.25, 0.3) is 10.8 Å². The van der Waals surface area contributed by atoms with Gasteiger partial charge in [0.25, 0.3) is 0 Å². The van der Waals surface area contributed by atoms with E-state index >= 15 is 0 Å². The molecule has 126 valence electrons. The maximum Gasteiger partial charge on any atom is 0.205 e. The van der Waals surface area contributed by atoms with Gasteiger partial charge in [0, 0.05) is 23.4 Å². The van der Waals surface area contributed by atoms with Crippen molar-refractivity contribution in [1.29, 1.82) is 0 Å². The predicted molar refractivity (Wildman–Crippen MR) is 100 cm³/mol. The van der Waals surface area contributed by atoms with Crippen LogP contribution in [-0.4, -0.2) is 29.4 Å². The van der Waals surface area contributed by atoms with Gasteiger partial charge in [-0.15, -0.1) is 0 Å². The summed E-state index contributed by atoms with van der Waals surface area (Å²) in [6, 6.07) is 13.0. The van der Waals surface area contributed by atoms with E-state index in [0.717, 1.165) is 29.8 Å². The minimum atomic E-state index is -0.463. The van der Waals surface area contributed by atoms with Gasteiger partial charge in [-0.1, -0.05) is 44.2 Å². The van der Waals surface area contributed by atoms with E-state index in [1.165, 1.54) is 11.8 Å². The standard InChI is InChI=1S/C21H26N2O/c1-15(2)23-13-7-12-20(3,4)21(23)14-22-19-17-9-6-5-8-16(17)10-11-18(19)24-21/h5-6,8-11,14-15H,7,12-13H2,1-4H3. The van der Waals surface area contributed by atoms with Crippen LogP contribution in [0.15, 0.2) is 41.4 Å². The Balaban J connectivity index is 1.87. The van der Waals surface area contributed by atoms with Crippen LogP contribution in [0.5, 0.6) is 5.75 Å². The summed E-state index contributed by atoms with van der Waals surface area (Å²) in [6.45, 7) is 10.2. The molecule has 0 bridgehead atoms. The van der Waals surface area contributed by atoms with Crippen molar-refractivity contribution in [3.8, 4) is 5.75 Å². The average Bonchev–Trinajstić information content (AvgIpc) is 2.56. The molecule has 2 aromatic carbocycles. The number of benzene rings is 2. The Labute approximate surface area is 144 Å². The first-order valence-corrected chi connectivity index (χ1v) is 8.97. The average molecular weight is 322 g/mol. The third-order valence-corrected chi connectivity index (χ3v) is 5.72. The normalized spacial score (nSPS) is 25.9. The topological polar surface area (TPSA) is 24.8 Å². The van der Waals surface area contributed by atoms with Gasteiger partial charge < -0.3 is 4.74 Å². The first-order chi connectivity index (χ1) is 11.4. The van der Waals surface area contributed by atoms with Gasteiger partial charge in [0.15, 0.2) is 0 Å². The molecule has 4 rings (SSSR count). The van der Waals surface area contributed by atoms with E-state index in [1.54, 1.807) is 0 Å². The van der Waals surface area contributed by atoms with E-state index in [0.29, 0.717) is 6.04 Å². The van der Waals surface area contributed by atoms with Crippen molar-refractivity contribution in [3.63, 3.8) is 0 Å². The molecule has 0 N–H and O–H groups in total. The number of piperidine rings is 1. The van der Waals surface area contributed by atoms with Gasteiger partial charge >= 0.3 is 0 Å². The summed E-state index contributed by atoms with van der Waals surface area (Å²) in [5.41, 5.74) is 0.515. The summed E-state index contributed by atoms with van der Waals surface area (Å²) in [5.74, 6) is 0.900. The van der Waals surface area contributed by atoms with Gasteiger partial charge in [0.05, 0.1) is 6.21 Å². The quantitative estimate of drug-likeness (QED) is 0.724. The second-order valence-corrected chi connectivity index (χ2v) is 7.96. The predicted octanol–water partition coefficient (Wildman–Crippen LogP) is 5.16. The lowest BCUT2D eigenvalue weighted by atomic mass is 9.72. The summed E-state index contributed by atoms with van der Waals surface area (Å²) < 4.78 is 6.73. The number of aliphatic imine (C=N–C) groups is 1. The second-order valence-electron chi connectivity index (χ2n) is 7.96. The maximum absolute atomic E-state index is 6.73. The van der Waals surface area contributed by atoms with Gasteiger partial charge in [-0.05, 0) is 38.1 Å². The van der Waals surface area contributed by atoms with E-state index in [9.17, 15) is 0 Å². The molecular formula is C21H26N2O. The number of ether oxygens (including phenoxy) is 1. The van der Waals surface area contributed by atoms with Crippen molar-refractivity contribution in [2.24, 2.45) is 10.4 Å². The zero-order valence-electron chi connectivity index (χ0n) is 15.0. The molecule has 0 aliphatic carbocycles. The van der Waals surface area contributed by atoms with Crippen molar-refractivity contribution in [3.05, 3.63) is 36.4 Å². The van der Waals surface area contributed by atoms with E-state index in [-0.39, 0.29) is 5.41 Å². The second kappa shape index (κ2) is 5.32. The Kier molecular flexibility index (Phi) is 3.47. The first-order valence-electron chi connectivity index (χ1n) is 8.97. The molecule has 2 heterocycles. The molecule has 0 amide bonds. The number of rotatable bonds is 1. The summed E-state index contributed by atoms with van der Waals surface area (Å²) in [4.78, 5) is 7.41. The highest BCUT2D eigenvalue weighted by Crippen LogP contribution is 2.50. The Hall–Kier alpha value is -1.87. The van der Waals surface area contributed by atoms with Crippen LogP contribution in [0.4, 0.5) is 5.69 Å². The summed E-state index contributed by atoms with van der Waals surface area (Å²) in [6.07, 6.45) is 4.42. The van der Waals surface area contributed by atoms with E-state index < -0.39 is 5.72 Å². The van der Waals surface area contributed by atoms with Crippen molar-refractivity contribution in [2.75, 3.05) is 6.54 Å². The molecular weight excluding hydrogens is 296 g/mol. The molecule has 1 saturated heterocycles. The Morgan fingerprint density at radius 2 is 1.92 bits per heavy atom. The molecule has 3 nitrogen and oxygen atoms in total. The van der Waals surface area contributed by atoms with Gasteiger partial charge in [0.2, 0.25) is 5.72 Å². The lowest BCUT2D eigenvalue weighted by Gasteiger charge is -2.56. The molecule has 2 aliphatic rings. The third-order valence-electron chi connectivity index (χ3n) is 5.72. The highest BCUT2D eigenvalue weighted by atomic mass is 16.5. The maximum atomic E-state index is 6.73. The van der Waals surface area contributed by atoms with E-state index in [2.05, 4.69) is 75.2 Å². The van der Waals surface area contributed by atoms with Crippen LogP contribution in [-0.2, 0) is 0 Å². The van der Waals surface area contributed by atoms with Gasteiger partial charge in [0.1, 0.15) is 11.4 Å². The molecule has 24 heavy (non-hydrogen) atoms. The summed E-state index contributed by atoms with van der Waals surface area (Å²) >= 11 is 0. The van der Waals surface area contributed by atoms with Crippen LogP contribution in [0.2, 0.25) is 0 Å². The highest BCUT2D eigenvalue weighted by Gasteiger charge is 2.55. The fourth-order valence-electron chi connectivity index (χ4n) is 4.31. The van der Waals surface area contributed by atoms with Crippen molar-refractivity contribution >= 4 is 22.7 Å². The molecule has 1 fully saturated rings. The zero-order chi connectivity index (χ0) is 16.9. The largest absolute Gasteiger partial charge is 0.464 e. The summed E-state index contributed by atoms with van der Waals surface area (Å²) in [5, 5.41) is 2.36. The highest BCUT2D eigenvalue weighted by molar-refractivity contribution is 5.98. The number of hydrogen-bond acceptors (Lipinski definition) is 3. The Morgan fingerprint density at radius 3 is 2.71 bits per heavy atom. The molecule has 1 atom stereocenters. The molecule has 3 heteroatoms. The lowest BCUT2D eigenvalue weighted by molar-refractivity contribution is -0.147. The molecule has 1 spiro atoms. The molecule has 2 aromatic rings. The van der Waals surface area contributed by atoms with Crippen LogP contribution < -0.4 is 4.74 Å². The van der Waals surface area contributed by atoms with Gasteiger partial charge in [-0.2, -0.15) is 0 Å². The number of nitrogens with zero attached hydrogens (tertiary/aromatic N) is 2. The van der Waals surface area contributed by atoms with E-state index in [4.69, 9.17) is 9.73 Å².